The Labute approximate surface area is 214 Å². The van der Waals surface area contributed by atoms with Crippen molar-refractivity contribution in [3.8, 4) is 5.75 Å². The number of benzene rings is 2. The van der Waals surface area contributed by atoms with Crippen molar-refractivity contribution >= 4 is 52.2 Å². The summed E-state index contributed by atoms with van der Waals surface area (Å²) in [6, 6.07) is 12.7. The summed E-state index contributed by atoms with van der Waals surface area (Å²) in [4.78, 5) is 23.3. The van der Waals surface area contributed by atoms with Crippen LogP contribution < -0.4 is 10.1 Å². The molecule has 0 aliphatic heterocycles. The Morgan fingerprint density at radius 1 is 1.14 bits per heavy atom. The number of anilines is 1. The molecule has 2 heterocycles. The minimum atomic E-state index is -0.575. The lowest BCUT2D eigenvalue weighted by atomic mass is 10.2. The second-order valence-electron chi connectivity index (χ2n) is 7.50. The molecule has 12 heteroatoms. The van der Waals surface area contributed by atoms with E-state index in [1.807, 2.05) is 0 Å². The van der Waals surface area contributed by atoms with Gasteiger partial charge in [0.05, 0.1) is 11.5 Å². The number of nitro benzene ring substituents is 1. The van der Waals surface area contributed by atoms with Gasteiger partial charge in [-0.3, -0.25) is 19.6 Å². The maximum absolute atomic E-state index is 12.6. The van der Waals surface area contributed by atoms with E-state index in [1.165, 1.54) is 28.9 Å². The highest BCUT2D eigenvalue weighted by molar-refractivity contribution is 6.35. The smallest absolute Gasteiger partial charge is 0.311 e. The molecule has 0 aliphatic carbocycles. The number of amides is 1. The summed E-state index contributed by atoms with van der Waals surface area (Å²) < 4.78 is 12.6. The Hall–Kier alpha value is -3.53. The Morgan fingerprint density at radius 2 is 1.94 bits per heavy atom. The van der Waals surface area contributed by atoms with Crippen molar-refractivity contribution in [2.45, 2.75) is 20.1 Å². The standard InChI is InChI=1S/C23H17Cl3N4O5/c1-13-2-6-20(19(8-13)30(32)33)34-12-16-5-7-21(35-16)23(31)27-22-18(26)11-29(28-22)10-14-3-4-15(24)9-17(14)25/h2-9,11H,10,12H2,1H3,(H,27,28,31). The van der Waals surface area contributed by atoms with E-state index in [-0.39, 0.29) is 34.6 Å². The summed E-state index contributed by atoms with van der Waals surface area (Å²) in [7, 11) is 0. The topological polar surface area (TPSA) is 112 Å². The summed E-state index contributed by atoms with van der Waals surface area (Å²) in [5.74, 6) is -0.0333. The van der Waals surface area contributed by atoms with Crippen LogP contribution in [0.1, 0.15) is 27.4 Å². The molecule has 9 nitrogen and oxygen atoms in total. The van der Waals surface area contributed by atoms with Crippen molar-refractivity contribution in [2.24, 2.45) is 0 Å². The quantitative estimate of drug-likeness (QED) is 0.203. The molecule has 0 radical (unpaired) electrons. The van der Waals surface area contributed by atoms with Crippen molar-refractivity contribution < 1.29 is 18.9 Å². The molecular formula is C23H17Cl3N4O5. The van der Waals surface area contributed by atoms with E-state index in [0.717, 1.165) is 11.1 Å². The van der Waals surface area contributed by atoms with Gasteiger partial charge in [0.15, 0.2) is 17.3 Å². The summed E-state index contributed by atoms with van der Waals surface area (Å²) >= 11 is 18.4. The minimum Gasteiger partial charge on any atom is -0.479 e. The third-order valence-electron chi connectivity index (χ3n) is 4.86. The summed E-state index contributed by atoms with van der Waals surface area (Å²) in [6.07, 6.45) is 1.55. The molecule has 0 saturated heterocycles. The van der Waals surface area contributed by atoms with Crippen LogP contribution in [0.15, 0.2) is 59.1 Å². The molecular weight excluding hydrogens is 519 g/mol. The fourth-order valence-electron chi connectivity index (χ4n) is 3.17. The van der Waals surface area contributed by atoms with E-state index in [4.69, 9.17) is 44.0 Å². The van der Waals surface area contributed by atoms with Crippen LogP contribution in [0, 0.1) is 17.0 Å². The largest absolute Gasteiger partial charge is 0.479 e. The van der Waals surface area contributed by atoms with Crippen LogP contribution in [-0.4, -0.2) is 20.6 Å². The number of aromatic nitrogens is 2. The lowest BCUT2D eigenvalue weighted by Gasteiger charge is -2.06. The highest BCUT2D eigenvalue weighted by Gasteiger charge is 2.18. The van der Waals surface area contributed by atoms with Gasteiger partial charge in [0.2, 0.25) is 0 Å². The van der Waals surface area contributed by atoms with Gasteiger partial charge in [0, 0.05) is 22.3 Å². The number of nitrogens with one attached hydrogen (secondary N) is 1. The van der Waals surface area contributed by atoms with E-state index in [0.29, 0.717) is 22.4 Å². The minimum absolute atomic E-state index is 0.00614. The number of hydrogen-bond acceptors (Lipinski definition) is 6. The summed E-state index contributed by atoms with van der Waals surface area (Å²) in [6.45, 7) is 1.96. The molecule has 0 fully saturated rings. The first-order valence-electron chi connectivity index (χ1n) is 10.1. The first kappa shape index (κ1) is 24.6. The first-order valence-corrected chi connectivity index (χ1v) is 11.3. The van der Waals surface area contributed by atoms with Crippen LogP contribution in [0.5, 0.6) is 5.75 Å². The van der Waals surface area contributed by atoms with Gasteiger partial charge < -0.3 is 14.5 Å². The van der Waals surface area contributed by atoms with Crippen molar-refractivity contribution in [1.29, 1.82) is 0 Å². The lowest BCUT2D eigenvalue weighted by Crippen LogP contribution is -2.12. The highest BCUT2D eigenvalue weighted by atomic mass is 35.5. The normalized spacial score (nSPS) is 10.9. The van der Waals surface area contributed by atoms with Gasteiger partial charge in [-0.25, -0.2) is 0 Å². The number of aryl methyl sites for hydroxylation is 1. The second-order valence-corrected chi connectivity index (χ2v) is 8.75. The molecule has 0 bridgehead atoms. The molecule has 4 aromatic rings. The number of carbonyl (C=O) groups excluding carboxylic acids is 1. The number of nitro groups is 1. The van der Waals surface area contributed by atoms with E-state index < -0.39 is 10.8 Å². The third-order valence-corrected chi connectivity index (χ3v) is 5.73. The van der Waals surface area contributed by atoms with E-state index in [9.17, 15) is 14.9 Å². The number of rotatable bonds is 8. The predicted octanol–water partition coefficient (Wildman–Crippen LogP) is 6.53. The Bertz CT molecular complexity index is 1420. The van der Waals surface area contributed by atoms with Crippen LogP contribution in [0.3, 0.4) is 0 Å². The van der Waals surface area contributed by atoms with Crippen LogP contribution in [-0.2, 0) is 13.2 Å². The number of halogens is 3. The zero-order valence-electron chi connectivity index (χ0n) is 18.1. The number of furan rings is 1. The van der Waals surface area contributed by atoms with Gasteiger partial charge in [0.1, 0.15) is 17.4 Å². The number of ether oxygens (including phenoxy) is 1. The molecule has 1 amide bonds. The number of carbonyl (C=O) groups is 1. The van der Waals surface area contributed by atoms with Crippen LogP contribution in [0.2, 0.25) is 15.1 Å². The maximum Gasteiger partial charge on any atom is 0.311 e. The third kappa shape index (κ3) is 5.94. The maximum atomic E-state index is 12.6. The van der Waals surface area contributed by atoms with Crippen molar-refractivity contribution in [2.75, 3.05) is 5.32 Å². The Balaban J connectivity index is 1.40. The SMILES string of the molecule is Cc1ccc(OCc2ccc(C(=O)Nc3nn(Cc4ccc(Cl)cc4Cl)cc3Cl)o2)c([N+](=O)[O-])c1. The summed E-state index contributed by atoms with van der Waals surface area (Å²) in [5.41, 5.74) is 1.36. The molecule has 0 spiro atoms. The molecule has 1 N–H and O–H groups in total. The van der Waals surface area contributed by atoms with Crippen molar-refractivity contribution in [1.82, 2.24) is 9.78 Å². The molecule has 0 unspecified atom stereocenters. The van der Waals surface area contributed by atoms with Gasteiger partial charge in [-0.2, -0.15) is 5.10 Å². The Morgan fingerprint density at radius 3 is 2.69 bits per heavy atom. The highest BCUT2D eigenvalue weighted by Crippen LogP contribution is 2.29. The zero-order valence-corrected chi connectivity index (χ0v) is 20.4. The van der Waals surface area contributed by atoms with Gasteiger partial charge >= 0.3 is 5.69 Å². The molecule has 35 heavy (non-hydrogen) atoms. The van der Waals surface area contributed by atoms with Crippen molar-refractivity contribution in [3.05, 3.63) is 103 Å². The fourth-order valence-corrected chi connectivity index (χ4v) is 3.84. The molecule has 4 rings (SSSR count). The van der Waals surface area contributed by atoms with Crippen molar-refractivity contribution in [3.63, 3.8) is 0 Å². The first-order chi connectivity index (χ1) is 16.7. The molecule has 0 aliphatic rings. The van der Waals surface area contributed by atoms with E-state index in [1.54, 1.807) is 37.4 Å². The molecule has 180 valence electrons. The lowest BCUT2D eigenvalue weighted by molar-refractivity contribution is -0.386. The average molecular weight is 536 g/mol. The molecule has 2 aromatic carbocycles. The zero-order chi connectivity index (χ0) is 25.1. The van der Waals surface area contributed by atoms with Gasteiger partial charge in [-0.15, -0.1) is 0 Å². The van der Waals surface area contributed by atoms with Crippen LogP contribution in [0.25, 0.3) is 0 Å². The molecule has 0 atom stereocenters. The van der Waals surface area contributed by atoms with E-state index in [2.05, 4.69) is 10.4 Å². The second kappa shape index (κ2) is 10.4. The Kier molecular flexibility index (Phi) is 7.30. The monoisotopic (exact) mass is 534 g/mol. The van der Waals surface area contributed by atoms with Gasteiger partial charge in [-0.05, 0) is 48.4 Å². The van der Waals surface area contributed by atoms with Gasteiger partial charge in [0.25, 0.3) is 5.91 Å². The fraction of sp³-hybridized carbons (Fsp3) is 0.130. The summed E-state index contributed by atoms with van der Waals surface area (Å²) in [5, 5.41) is 19.3. The average Bonchev–Trinajstić information content (AvgIpc) is 3.41. The van der Waals surface area contributed by atoms with Crippen LogP contribution >= 0.6 is 34.8 Å². The number of nitrogens with zero attached hydrogens (tertiary/aromatic N) is 3. The molecule has 0 saturated carbocycles. The number of hydrogen-bond donors (Lipinski definition) is 1. The predicted molar refractivity (Wildman–Crippen MR) is 132 cm³/mol. The van der Waals surface area contributed by atoms with Crippen LogP contribution in [0.4, 0.5) is 11.5 Å². The van der Waals surface area contributed by atoms with E-state index >= 15 is 0 Å². The molecule has 2 aromatic heterocycles. The van der Waals surface area contributed by atoms with Gasteiger partial charge in [-0.1, -0.05) is 46.9 Å².